The van der Waals surface area contributed by atoms with E-state index in [1.807, 2.05) is 24.3 Å². The van der Waals surface area contributed by atoms with Crippen LogP contribution in [0.2, 0.25) is 0 Å². The van der Waals surface area contributed by atoms with E-state index < -0.39 is 0 Å². The first-order valence-electron chi connectivity index (χ1n) is 10.2. The van der Waals surface area contributed by atoms with Gasteiger partial charge in [-0.1, -0.05) is 36.4 Å². The second-order valence-corrected chi connectivity index (χ2v) is 8.01. The lowest BCUT2D eigenvalue weighted by atomic mass is 9.92. The van der Waals surface area contributed by atoms with Gasteiger partial charge in [0, 0.05) is 32.7 Å². The summed E-state index contributed by atoms with van der Waals surface area (Å²) >= 11 is 0. The number of nitrogens with zero attached hydrogens (tertiary/aromatic N) is 2. The van der Waals surface area contributed by atoms with Gasteiger partial charge in [0.05, 0.1) is 5.92 Å². The Morgan fingerprint density at radius 2 is 1.71 bits per heavy atom. The number of rotatable bonds is 5. The van der Waals surface area contributed by atoms with Crippen molar-refractivity contribution in [1.82, 2.24) is 9.80 Å². The van der Waals surface area contributed by atoms with Gasteiger partial charge in [0.1, 0.15) is 0 Å². The minimum atomic E-state index is 0.0432. The molecule has 0 bridgehead atoms. The number of ether oxygens (including phenoxy) is 2. The number of amides is 1. The Balaban J connectivity index is 1.20. The van der Waals surface area contributed by atoms with Crippen LogP contribution >= 0.6 is 0 Å². The lowest BCUT2D eigenvalue weighted by Crippen LogP contribution is -2.49. The van der Waals surface area contributed by atoms with Crippen LogP contribution in [-0.4, -0.2) is 48.7 Å². The Morgan fingerprint density at radius 1 is 0.964 bits per heavy atom. The van der Waals surface area contributed by atoms with E-state index in [2.05, 4.69) is 34.1 Å². The Hall–Kier alpha value is -2.53. The molecule has 0 N–H and O–H groups in total. The number of hydrogen-bond acceptors (Lipinski definition) is 4. The summed E-state index contributed by atoms with van der Waals surface area (Å²) in [4.78, 5) is 17.7. The van der Waals surface area contributed by atoms with Crippen LogP contribution in [0.3, 0.4) is 0 Å². The third-order valence-electron chi connectivity index (χ3n) is 6.05. The zero-order valence-electron chi connectivity index (χ0n) is 16.0. The van der Waals surface area contributed by atoms with Crippen LogP contribution in [0.4, 0.5) is 0 Å². The first-order valence-corrected chi connectivity index (χ1v) is 10.2. The standard InChI is InChI=1S/C23H26N2O3/c26-23(22(19-7-8-19)18-4-2-1-3-5-18)25-12-10-24(11-13-25)15-17-6-9-20-21(14-17)28-16-27-20/h1-6,9,14,19,22H,7-8,10-13,15-16H2. The molecule has 2 aromatic carbocycles. The monoisotopic (exact) mass is 378 g/mol. The third-order valence-corrected chi connectivity index (χ3v) is 6.05. The Kier molecular flexibility index (Phi) is 4.69. The van der Waals surface area contributed by atoms with Crippen LogP contribution in [0.25, 0.3) is 0 Å². The van der Waals surface area contributed by atoms with Gasteiger partial charge in [-0.15, -0.1) is 0 Å². The molecule has 146 valence electrons. The van der Waals surface area contributed by atoms with Gasteiger partial charge in [-0.2, -0.15) is 0 Å². The summed E-state index contributed by atoms with van der Waals surface area (Å²) in [6.45, 7) is 4.62. The van der Waals surface area contributed by atoms with Crippen LogP contribution in [0.15, 0.2) is 48.5 Å². The second kappa shape index (κ2) is 7.47. The molecule has 0 aromatic heterocycles. The molecule has 1 saturated carbocycles. The van der Waals surface area contributed by atoms with Gasteiger partial charge in [0.15, 0.2) is 11.5 Å². The van der Waals surface area contributed by atoms with Crippen molar-refractivity contribution in [2.24, 2.45) is 5.92 Å². The van der Waals surface area contributed by atoms with Gasteiger partial charge in [-0.25, -0.2) is 0 Å². The maximum atomic E-state index is 13.3. The molecule has 0 radical (unpaired) electrons. The van der Waals surface area contributed by atoms with Crippen LogP contribution in [0, 0.1) is 5.92 Å². The van der Waals surface area contributed by atoms with Crippen molar-refractivity contribution < 1.29 is 14.3 Å². The maximum absolute atomic E-state index is 13.3. The summed E-state index contributed by atoms with van der Waals surface area (Å²) in [5, 5.41) is 0. The number of hydrogen-bond donors (Lipinski definition) is 0. The van der Waals surface area contributed by atoms with Gasteiger partial charge < -0.3 is 14.4 Å². The molecule has 1 saturated heterocycles. The fourth-order valence-corrected chi connectivity index (χ4v) is 4.33. The second-order valence-electron chi connectivity index (χ2n) is 8.01. The molecule has 28 heavy (non-hydrogen) atoms. The number of benzene rings is 2. The van der Waals surface area contributed by atoms with E-state index in [9.17, 15) is 4.79 Å². The molecule has 2 aliphatic heterocycles. The normalized spacial score (nSPS) is 20.2. The van der Waals surface area contributed by atoms with Crippen LogP contribution < -0.4 is 9.47 Å². The Morgan fingerprint density at radius 3 is 2.46 bits per heavy atom. The average molecular weight is 378 g/mol. The predicted octanol–water partition coefficient (Wildman–Crippen LogP) is 3.25. The van der Waals surface area contributed by atoms with Gasteiger partial charge in [-0.3, -0.25) is 9.69 Å². The van der Waals surface area contributed by atoms with Crippen LogP contribution in [-0.2, 0) is 11.3 Å². The largest absolute Gasteiger partial charge is 0.454 e. The first-order chi connectivity index (χ1) is 13.8. The van der Waals surface area contributed by atoms with E-state index in [1.165, 1.54) is 24.0 Å². The van der Waals surface area contributed by atoms with Crippen molar-refractivity contribution in [3.8, 4) is 11.5 Å². The molecule has 2 fully saturated rings. The van der Waals surface area contributed by atoms with Gasteiger partial charge in [-0.05, 0) is 42.0 Å². The molecule has 0 spiro atoms. The van der Waals surface area contributed by atoms with Crippen molar-refractivity contribution in [1.29, 1.82) is 0 Å². The minimum Gasteiger partial charge on any atom is -0.454 e. The predicted molar refractivity (Wildman–Crippen MR) is 106 cm³/mol. The summed E-state index contributed by atoms with van der Waals surface area (Å²) in [5.41, 5.74) is 2.40. The van der Waals surface area contributed by atoms with E-state index in [1.54, 1.807) is 0 Å². The fourth-order valence-electron chi connectivity index (χ4n) is 4.33. The lowest BCUT2D eigenvalue weighted by molar-refractivity contribution is -0.135. The smallest absolute Gasteiger partial charge is 0.231 e. The quantitative estimate of drug-likeness (QED) is 0.801. The topological polar surface area (TPSA) is 42.0 Å². The van der Waals surface area contributed by atoms with Crippen molar-refractivity contribution >= 4 is 5.91 Å². The molecule has 3 aliphatic rings. The van der Waals surface area contributed by atoms with Gasteiger partial charge in [0.25, 0.3) is 0 Å². The SMILES string of the molecule is O=C(C(c1ccccc1)C1CC1)N1CCN(Cc2ccc3c(c2)OCO3)CC1. The molecular weight excluding hydrogens is 352 g/mol. The summed E-state index contributed by atoms with van der Waals surface area (Å²) in [5.74, 6) is 2.55. The molecule has 1 amide bonds. The number of fused-ring (bicyclic) bond motifs is 1. The highest BCUT2D eigenvalue weighted by Crippen LogP contribution is 2.43. The molecular formula is C23H26N2O3. The van der Waals surface area contributed by atoms with E-state index in [0.29, 0.717) is 18.6 Å². The number of carbonyl (C=O) groups is 1. The number of carbonyl (C=O) groups excluding carboxylic acids is 1. The van der Waals surface area contributed by atoms with Crippen molar-refractivity contribution in [3.05, 3.63) is 59.7 Å². The van der Waals surface area contributed by atoms with Crippen molar-refractivity contribution in [3.63, 3.8) is 0 Å². The van der Waals surface area contributed by atoms with Crippen molar-refractivity contribution in [2.75, 3.05) is 33.0 Å². The number of piperazine rings is 1. The average Bonchev–Trinajstić information content (AvgIpc) is 3.45. The van der Waals surface area contributed by atoms with E-state index in [-0.39, 0.29) is 5.92 Å². The molecule has 2 aromatic rings. The highest BCUT2D eigenvalue weighted by Gasteiger charge is 2.39. The minimum absolute atomic E-state index is 0.0432. The highest BCUT2D eigenvalue weighted by atomic mass is 16.7. The summed E-state index contributed by atoms with van der Waals surface area (Å²) in [6.07, 6.45) is 2.35. The first kappa shape index (κ1) is 17.6. The van der Waals surface area contributed by atoms with Crippen LogP contribution in [0.5, 0.6) is 11.5 Å². The van der Waals surface area contributed by atoms with E-state index in [4.69, 9.17) is 9.47 Å². The molecule has 5 rings (SSSR count). The molecule has 1 aliphatic carbocycles. The summed E-state index contributed by atoms with van der Waals surface area (Å²) < 4.78 is 10.9. The van der Waals surface area contributed by atoms with E-state index in [0.717, 1.165) is 44.2 Å². The molecule has 1 unspecified atom stereocenters. The highest BCUT2D eigenvalue weighted by molar-refractivity contribution is 5.84. The molecule has 5 nitrogen and oxygen atoms in total. The third kappa shape index (κ3) is 3.59. The summed E-state index contributed by atoms with van der Waals surface area (Å²) in [6, 6.07) is 16.5. The lowest BCUT2D eigenvalue weighted by Gasteiger charge is -2.36. The maximum Gasteiger partial charge on any atom is 0.231 e. The van der Waals surface area contributed by atoms with Crippen molar-refractivity contribution in [2.45, 2.75) is 25.3 Å². The zero-order valence-corrected chi connectivity index (χ0v) is 16.0. The zero-order chi connectivity index (χ0) is 18.9. The Labute approximate surface area is 165 Å². The molecule has 5 heteroatoms. The van der Waals surface area contributed by atoms with E-state index >= 15 is 0 Å². The Bertz CT molecular complexity index is 842. The van der Waals surface area contributed by atoms with Crippen LogP contribution in [0.1, 0.15) is 29.9 Å². The molecule has 2 heterocycles. The summed E-state index contributed by atoms with van der Waals surface area (Å²) in [7, 11) is 0. The fraction of sp³-hybridized carbons (Fsp3) is 0.435. The van der Waals surface area contributed by atoms with Gasteiger partial charge in [0.2, 0.25) is 12.7 Å². The molecule has 1 atom stereocenters. The van der Waals surface area contributed by atoms with Gasteiger partial charge >= 0.3 is 0 Å².